The van der Waals surface area contributed by atoms with E-state index in [4.69, 9.17) is 0 Å². The lowest BCUT2D eigenvalue weighted by Gasteiger charge is -1.79. The van der Waals surface area contributed by atoms with Gasteiger partial charge in [0.1, 0.15) is 0 Å². The standard InChI is InChI=1S/CH4FNO2S.2ClH/c1-3-6(2,4)5;;/h3H,1H3;2*1H. The highest BCUT2D eigenvalue weighted by Crippen LogP contribution is 1.75. The Morgan fingerprint density at radius 2 is 1.50 bits per heavy atom. The lowest BCUT2D eigenvalue weighted by atomic mass is 11.6. The Morgan fingerprint density at radius 1 is 1.38 bits per heavy atom. The molecule has 0 atom stereocenters. The molecule has 8 heavy (non-hydrogen) atoms. The van der Waals surface area contributed by atoms with E-state index in [1.807, 2.05) is 0 Å². The zero-order chi connectivity index (χ0) is 5.21. The van der Waals surface area contributed by atoms with E-state index < -0.39 is 10.4 Å². The van der Waals surface area contributed by atoms with Crippen molar-refractivity contribution in [2.75, 3.05) is 7.05 Å². The Bertz CT molecular complexity index is 122. The summed E-state index contributed by atoms with van der Waals surface area (Å²) in [6, 6.07) is 0. The molecule has 54 valence electrons. The van der Waals surface area contributed by atoms with Crippen molar-refractivity contribution in [3.05, 3.63) is 0 Å². The molecular formula is CH6Cl2FNO2S. The Hall–Kier alpha value is 0.420. The second kappa shape index (κ2) is 5.55. The summed E-state index contributed by atoms with van der Waals surface area (Å²) in [5.41, 5.74) is 0. The van der Waals surface area contributed by atoms with Crippen LogP contribution in [-0.2, 0) is 10.4 Å². The average Bonchev–Trinajstić information content (AvgIpc) is 1.35. The number of halogens is 3. The normalized spacial score (nSPS) is 8.75. The van der Waals surface area contributed by atoms with Crippen molar-refractivity contribution in [3.8, 4) is 0 Å². The third kappa shape index (κ3) is 16.1. The van der Waals surface area contributed by atoms with Crippen LogP contribution < -0.4 is 4.72 Å². The molecule has 0 heterocycles. The van der Waals surface area contributed by atoms with Gasteiger partial charge in [-0.05, 0) is 0 Å². The molecule has 1 N–H and O–H groups in total. The van der Waals surface area contributed by atoms with Gasteiger partial charge in [0.2, 0.25) is 0 Å². The number of hydrogen-bond acceptors (Lipinski definition) is 2. The van der Waals surface area contributed by atoms with Gasteiger partial charge in [-0.15, -0.1) is 24.8 Å². The van der Waals surface area contributed by atoms with Gasteiger partial charge in [0, 0.05) is 7.05 Å². The quantitative estimate of drug-likeness (QED) is 0.597. The molecule has 7 heteroatoms. The van der Waals surface area contributed by atoms with Crippen LogP contribution in [0.15, 0.2) is 0 Å². The average molecular weight is 186 g/mol. The SMILES string of the molecule is CNS(=O)(=O)F.Cl.Cl. The Kier molecular flexibility index (Phi) is 11.0. The van der Waals surface area contributed by atoms with Crippen LogP contribution in [0.25, 0.3) is 0 Å². The predicted octanol–water partition coefficient (Wildman–Crippen LogP) is 0.264. The van der Waals surface area contributed by atoms with Gasteiger partial charge in [-0.2, -0.15) is 13.1 Å². The van der Waals surface area contributed by atoms with E-state index in [1.165, 1.54) is 4.72 Å². The van der Waals surface area contributed by atoms with E-state index >= 15 is 0 Å². The van der Waals surface area contributed by atoms with E-state index in [9.17, 15) is 12.3 Å². The predicted molar refractivity (Wildman–Crippen MR) is 33.6 cm³/mol. The van der Waals surface area contributed by atoms with Crippen LogP contribution in [0.4, 0.5) is 3.89 Å². The largest absolute Gasteiger partial charge is 0.371 e. The monoisotopic (exact) mass is 185 g/mol. The van der Waals surface area contributed by atoms with Crippen molar-refractivity contribution in [3.63, 3.8) is 0 Å². The smallest absolute Gasteiger partial charge is 0.191 e. The molecule has 0 aliphatic rings. The van der Waals surface area contributed by atoms with Gasteiger partial charge in [0.05, 0.1) is 0 Å². The second-order valence-corrected chi connectivity index (χ2v) is 1.93. The van der Waals surface area contributed by atoms with E-state index in [0.29, 0.717) is 0 Å². The minimum absolute atomic E-state index is 0. The summed E-state index contributed by atoms with van der Waals surface area (Å²) in [6.07, 6.45) is 0. The van der Waals surface area contributed by atoms with E-state index in [-0.39, 0.29) is 24.8 Å². The van der Waals surface area contributed by atoms with Gasteiger partial charge >= 0.3 is 10.4 Å². The molecule has 0 amide bonds. The van der Waals surface area contributed by atoms with Crippen LogP contribution in [0.3, 0.4) is 0 Å². The molecule has 0 rings (SSSR count). The van der Waals surface area contributed by atoms with Crippen molar-refractivity contribution in [2.24, 2.45) is 0 Å². The molecule has 0 aliphatic carbocycles. The highest BCUT2D eigenvalue weighted by molar-refractivity contribution is 7.84. The molecule has 0 radical (unpaired) electrons. The minimum Gasteiger partial charge on any atom is -0.191 e. The van der Waals surface area contributed by atoms with Gasteiger partial charge in [0.15, 0.2) is 0 Å². The van der Waals surface area contributed by atoms with E-state index in [2.05, 4.69) is 0 Å². The van der Waals surface area contributed by atoms with Gasteiger partial charge in [-0.1, -0.05) is 3.89 Å². The van der Waals surface area contributed by atoms with E-state index in [1.54, 1.807) is 0 Å². The topological polar surface area (TPSA) is 46.2 Å². The van der Waals surface area contributed by atoms with Crippen LogP contribution in [0.2, 0.25) is 0 Å². The maximum Gasteiger partial charge on any atom is 0.371 e. The minimum atomic E-state index is -4.41. The lowest BCUT2D eigenvalue weighted by molar-refractivity contribution is 0.542. The van der Waals surface area contributed by atoms with Gasteiger partial charge in [0.25, 0.3) is 0 Å². The molecule has 0 aromatic heterocycles. The molecule has 0 unspecified atom stereocenters. The molecule has 0 bridgehead atoms. The summed E-state index contributed by atoms with van der Waals surface area (Å²) in [6.45, 7) is 0. The molecule has 0 spiro atoms. The zero-order valence-corrected chi connectivity index (χ0v) is 6.37. The number of hydrogen-bond donors (Lipinski definition) is 1. The fourth-order valence-corrected chi connectivity index (χ4v) is 0. The molecular weight excluding hydrogens is 180 g/mol. The first kappa shape index (κ1) is 15.8. The highest BCUT2D eigenvalue weighted by Gasteiger charge is 1.95. The van der Waals surface area contributed by atoms with Crippen molar-refractivity contribution in [2.45, 2.75) is 0 Å². The Balaban J connectivity index is -0.000000125. The van der Waals surface area contributed by atoms with Crippen molar-refractivity contribution >= 4 is 35.2 Å². The van der Waals surface area contributed by atoms with Crippen LogP contribution in [0.5, 0.6) is 0 Å². The van der Waals surface area contributed by atoms with Crippen LogP contribution in [0.1, 0.15) is 0 Å². The Morgan fingerprint density at radius 3 is 1.50 bits per heavy atom. The molecule has 0 saturated carbocycles. The fraction of sp³-hybridized carbons (Fsp3) is 1.00. The maximum atomic E-state index is 11.0. The summed E-state index contributed by atoms with van der Waals surface area (Å²) < 4.78 is 30.8. The summed E-state index contributed by atoms with van der Waals surface area (Å²) >= 11 is 0. The maximum absolute atomic E-state index is 11.0. The summed E-state index contributed by atoms with van der Waals surface area (Å²) in [4.78, 5) is 0. The highest BCUT2D eigenvalue weighted by atomic mass is 35.5. The lowest BCUT2D eigenvalue weighted by Crippen LogP contribution is -2.11. The van der Waals surface area contributed by atoms with Crippen LogP contribution in [0, 0.1) is 0 Å². The van der Waals surface area contributed by atoms with Crippen molar-refractivity contribution in [1.29, 1.82) is 0 Å². The summed E-state index contributed by atoms with van der Waals surface area (Å²) in [5.74, 6) is 0. The first-order valence-electron chi connectivity index (χ1n) is 1.19. The summed E-state index contributed by atoms with van der Waals surface area (Å²) in [5, 5.41) is 0. The molecule has 3 nitrogen and oxygen atoms in total. The van der Waals surface area contributed by atoms with Crippen LogP contribution >= 0.6 is 24.8 Å². The Labute approximate surface area is 59.8 Å². The van der Waals surface area contributed by atoms with Crippen molar-refractivity contribution < 1.29 is 12.3 Å². The third-order valence-electron chi connectivity index (χ3n) is 0.244. The third-order valence-corrected chi connectivity index (χ3v) is 0.731. The number of nitrogens with one attached hydrogen (secondary N) is 1. The number of rotatable bonds is 1. The van der Waals surface area contributed by atoms with Gasteiger partial charge in [-0.25, -0.2) is 0 Å². The van der Waals surface area contributed by atoms with Gasteiger partial charge in [-0.3, -0.25) is 0 Å². The second-order valence-electron chi connectivity index (χ2n) is 0.642. The van der Waals surface area contributed by atoms with E-state index in [0.717, 1.165) is 7.05 Å². The molecule has 0 aliphatic heterocycles. The fourth-order valence-electron chi connectivity index (χ4n) is 0. The first-order chi connectivity index (χ1) is 2.56. The van der Waals surface area contributed by atoms with Crippen LogP contribution in [-0.4, -0.2) is 15.5 Å². The molecule has 0 saturated heterocycles. The summed E-state index contributed by atoms with van der Waals surface area (Å²) in [7, 11) is -3.42. The molecule has 0 aromatic carbocycles. The molecule has 0 fully saturated rings. The first-order valence-corrected chi connectivity index (χ1v) is 2.58. The zero-order valence-electron chi connectivity index (χ0n) is 3.92. The van der Waals surface area contributed by atoms with Gasteiger partial charge < -0.3 is 0 Å². The van der Waals surface area contributed by atoms with Crippen molar-refractivity contribution in [1.82, 2.24) is 4.72 Å². The molecule has 0 aromatic rings.